The molecule has 3 heterocycles. The molecule has 0 fully saturated rings. The van der Waals surface area contributed by atoms with E-state index in [1.54, 1.807) is 29.5 Å². The van der Waals surface area contributed by atoms with Crippen LogP contribution in [0.25, 0.3) is 22.4 Å². The van der Waals surface area contributed by atoms with Gasteiger partial charge in [0.15, 0.2) is 5.82 Å². The number of nitrogens with zero attached hydrogens (tertiary/aromatic N) is 4. The Morgan fingerprint density at radius 2 is 1.78 bits per heavy atom. The molecule has 0 aliphatic carbocycles. The van der Waals surface area contributed by atoms with E-state index in [0.717, 1.165) is 28.2 Å². The van der Waals surface area contributed by atoms with E-state index in [9.17, 15) is 9.18 Å². The molecule has 1 N–H and O–H groups in total. The average Bonchev–Trinajstić information content (AvgIpc) is 3.07. The quantitative estimate of drug-likeness (QED) is 0.771. The van der Waals surface area contributed by atoms with Crippen LogP contribution in [0.1, 0.15) is 13.8 Å². The van der Waals surface area contributed by atoms with Gasteiger partial charge in [-0.3, -0.25) is 20.2 Å². The lowest BCUT2D eigenvalue weighted by Crippen LogP contribution is -2.44. The summed E-state index contributed by atoms with van der Waals surface area (Å²) in [6.07, 6.45) is 3.43. The maximum Gasteiger partial charge on any atom is 0.243 e. The molecule has 1 aromatic carbocycles. The lowest BCUT2D eigenvalue weighted by Gasteiger charge is -2.31. The van der Waals surface area contributed by atoms with E-state index in [-0.39, 0.29) is 17.6 Å². The first-order valence-corrected chi connectivity index (χ1v) is 8.90. The van der Waals surface area contributed by atoms with Crippen molar-refractivity contribution in [1.29, 1.82) is 0 Å². The topological polar surface area (TPSA) is 63.1 Å². The Balaban J connectivity index is 1.85. The average molecular weight is 365 g/mol. The van der Waals surface area contributed by atoms with Crippen molar-refractivity contribution in [2.24, 2.45) is 5.92 Å². The number of fused-ring (bicyclic) bond motifs is 1. The third-order valence-electron chi connectivity index (χ3n) is 4.58. The monoisotopic (exact) mass is 365 g/mol. The number of amides is 1. The van der Waals surface area contributed by atoms with Crippen molar-refractivity contribution in [1.82, 2.24) is 19.8 Å². The van der Waals surface area contributed by atoms with E-state index in [0.29, 0.717) is 13.1 Å². The number of hydrogen-bond donors (Lipinski definition) is 1. The van der Waals surface area contributed by atoms with Gasteiger partial charge < -0.3 is 0 Å². The second kappa shape index (κ2) is 6.83. The summed E-state index contributed by atoms with van der Waals surface area (Å²) >= 11 is 0. The first-order valence-electron chi connectivity index (χ1n) is 8.90. The van der Waals surface area contributed by atoms with Crippen LogP contribution < -0.4 is 5.43 Å². The van der Waals surface area contributed by atoms with Crippen molar-refractivity contribution >= 4 is 11.7 Å². The van der Waals surface area contributed by atoms with Gasteiger partial charge in [0.25, 0.3) is 0 Å². The van der Waals surface area contributed by atoms with Crippen LogP contribution in [0.15, 0.2) is 48.8 Å². The minimum Gasteiger partial charge on any atom is -0.279 e. The molecule has 0 saturated heterocycles. The number of benzene rings is 1. The molecule has 0 spiro atoms. The van der Waals surface area contributed by atoms with Crippen LogP contribution in [0.4, 0.5) is 10.2 Å². The van der Waals surface area contributed by atoms with Gasteiger partial charge in [0.2, 0.25) is 5.91 Å². The van der Waals surface area contributed by atoms with Crippen LogP contribution in [0.3, 0.4) is 0 Å². The molecule has 3 aromatic rings. The summed E-state index contributed by atoms with van der Waals surface area (Å²) in [5.41, 5.74) is 6.58. The number of hydrazine groups is 1. The fourth-order valence-electron chi connectivity index (χ4n) is 3.19. The molecule has 0 atom stereocenters. The number of anilines is 1. The largest absolute Gasteiger partial charge is 0.279 e. The number of carbonyl (C=O) groups excluding carboxylic acids is 1. The predicted octanol–water partition coefficient (Wildman–Crippen LogP) is 3.58. The molecule has 1 aliphatic heterocycles. The minimum absolute atomic E-state index is 0.0338. The van der Waals surface area contributed by atoms with Gasteiger partial charge in [-0.25, -0.2) is 9.07 Å². The summed E-state index contributed by atoms with van der Waals surface area (Å²) < 4.78 is 15.2. The van der Waals surface area contributed by atoms with Crippen molar-refractivity contribution in [3.63, 3.8) is 0 Å². The maximum atomic E-state index is 13.4. The first kappa shape index (κ1) is 17.2. The van der Waals surface area contributed by atoms with Gasteiger partial charge in [-0.15, -0.1) is 0 Å². The number of nitrogens with one attached hydrogen (secondary N) is 1. The highest BCUT2D eigenvalue weighted by molar-refractivity contribution is 5.90. The van der Waals surface area contributed by atoms with E-state index in [2.05, 4.69) is 10.4 Å². The van der Waals surface area contributed by atoms with Gasteiger partial charge in [0.1, 0.15) is 11.5 Å². The maximum absolute atomic E-state index is 13.4. The third kappa shape index (κ3) is 3.16. The van der Waals surface area contributed by atoms with Gasteiger partial charge in [0.05, 0.1) is 18.7 Å². The fourth-order valence-corrected chi connectivity index (χ4v) is 3.19. The first-order chi connectivity index (χ1) is 13.0. The molecule has 27 heavy (non-hydrogen) atoms. The number of aromatic nitrogens is 3. The predicted molar refractivity (Wildman–Crippen MR) is 101 cm³/mol. The highest BCUT2D eigenvalue weighted by Crippen LogP contribution is 2.39. The summed E-state index contributed by atoms with van der Waals surface area (Å²) in [7, 11) is 0. The molecule has 0 unspecified atom stereocenters. The zero-order chi connectivity index (χ0) is 19.0. The lowest BCUT2D eigenvalue weighted by atomic mass is 10.0. The Morgan fingerprint density at radius 3 is 2.44 bits per heavy atom. The Labute approximate surface area is 156 Å². The van der Waals surface area contributed by atoms with Gasteiger partial charge in [0, 0.05) is 23.9 Å². The second-order valence-corrected chi connectivity index (χ2v) is 6.79. The molecule has 0 saturated carbocycles. The Hall–Kier alpha value is -3.22. The number of halogens is 1. The molecular weight excluding hydrogens is 345 g/mol. The lowest BCUT2D eigenvalue weighted by molar-refractivity contribution is -0.133. The van der Waals surface area contributed by atoms with Crippen molar-refractivity contribution < 1.29 is 9.18 Å². The summed E-state index contributed by atoms with van der Waals surface area (Å²) in [6.45, 7) is 4.87. The van der Waals surface area contributed by atoms with Crippen LogP contribution in [0, 0.1) is 11.7 Å². The third-order valence-corrected chi connectivity index (χ3v) is 4.58. The molecule has 6 nitrogen and oxygen atoms in total. The van der Waals surface area contributed by atoms with Crippen molar-refractivity contribution in [2.45, 2.75) is 20.4 Å². The van der Waals surface area contributed by atoms with Crippen LogP contribution >= 0.6 is 0 Å². The Kier molecular flexibility index (Phi) is 4.35. The van der Waals surface area contributed by atoms with Gasteiger partial charge in [-0.2, -0.15) is 5.10 Å². The fraction of sp³-hybridized carbons (Fsp3) is 0.250. The number of hydrogen-bond acceptors (Lipinski definition) is 4. The molecule has 138 valence electrons. The normalized spacial score (nSPS) is 13.4. The van der Waals surface area contributed by atoms with Crippen LogP contribution in [-0.4, -0.2) is 32.2 Å². The zero-order valence-corrected chi connectivity index (χ0v) is 15.2. The molecule has 0 radical (unpaired) electrons. The van der Waals surface area contributed by atoms with E-state index in [1.165, 1.54) is 12.1 Å². The molecular formula is C20H20FN5O. The number of rotatable bonds is 3. The highest BCUT2D eigenvalue weighted by Gasteiger charge is 2.28. The van der Waals surface area contributed by atoms with Crippen molar-refractivity contribution in [3.8, 4) is 22.4 Å². The summed E-state index contributed by atoms with van der Waals surface area (Å²) in [4.78, 5) is 16.5. The smallest absolute Gasteiger partial charge is 0.243 e. The molecule has 1 aliphatic rings. The van der Waals surface area contributed by atoms with Gasteiger partial charge in [-0.05, 0) is 42.0 Å². The van der Waals surface area contributed by atoms with Crippen molar-refractivity contribution in [3.05, 3.63) is 54.6 Å². The van der Waals surface area contributed by atoms with E-state index >= 15 is 0 Å². The number of pyridine rings is 1. The standard InChI is InChI=1S/C20H20FN5O/c1-13(2)20(27)26-12-11-25-19(24-26)17(14-7-9-22-10-8-14)18(23-25)15-3-5-16(21)6-4-15/h3-10,13,24H,11-12H2,1-2H3. The van der Waals surface area contributed by atoms with E-state index in [1.807, 2.05) is 30.7 Å². The van der Waals surface area contributed by atoms with Gasteiger partial charge in [-0.1, -0.05) is 13.8 Å². The second-order valence-electron chi connectivity index (χ2n) is 6.79. The Morgan fingerprint density at radius 1 is 1.07 bits per heavy atom. The SMILES string of the molecule is CC(C)C(=O)N1CCn2nc(-c3ccc(F)cc3)c(-c3ccncc3)c2N1. The van der Waals surface area contributed by atoms with Crippen molar-refractivity contribution in [2.75, 3.05) is 12.0 Å². The summed E-state index contributed by atoms with van der Waals surface area (Å²) in [6, 6.07) is 10.1. The Bertz CT molecular complexity index is 966. The van der Waals surface area contributed by atoms with Crippen LogP contribution in [-0.2, 0) is 11.3 Å². The van der Waals surface area contributed by atoms with Crippen LogP contribution in [0.5, 0.6) is 0 Å². The summed E-state index contributed by atoms with van der Waals surface area (Å²) in [5, 5.41) is 6.38. The molecule has 2 aromatic heterocycles. The molecule has 1 amide bonds. The van der Waals surface area contributed by atoms with E-state index < -0.39 is 0 Å². The summed E-state index contributed by atoms with van der Waals surface area (Å²) in [5.74, 6) is 0.389. The molecule has 4 rings (SSSR count). The molecule has 7 heteroatoms. The number of carbonyl (C=O) groups is 1. The van der Waals surface area contributed by atoms with E-state index in [4.69, 9.17) is 5.10 Å². The highest BCUT2D eigenvalue weighted by atomic mass is 19.1. The van der Waals surface area contributed by atoms with Gasteiger partial charge >= 0.3 is 0 Å². The minimum atomic E-state index is -0.292. The van der Waals surface area contributed by atoms with Crippen LogP contribution in [0.2, 0.25) is 0 Å². The zero-order valence-electron chi connectivity index (χ0n) is 15.2. The molecule has 0 bridgehead atoms.